The lowest BCUT2D eigenvalue weighted by molar-refractivity contribution is 0.0532. The molecule has 0 amide bonds. The summed E-state index contributed by atoms with van der Waals surface area (Å²) in [6, 6.07) is 7.43. The maximum Gasteiger partial charge on any atom is 0.126 e. The van der Waals surface area contributed by atoms with Gasteiger partial charge in [-0.25, -0.2) is 4.39 Å². The lowest BCUT2D eigenvalue weighted by atomic mass is 9.57. The zero-order valence-electron chi connectivity index (χ0n) is 13.4. The third-order valence-electron chi connectivity index (χ3n) is 6.03. The highest BCUT2D eigenvalue weighted by Crippen LogP contribution is 2.53. The van der Waals surface area contributed by atoms with Crippen LogP contribution in [0.3, 0.4) is 0 Å². The van der Waals surface area contributed by atoms with Crippen LogP contribution in [0.5, 0.6) is 0 Å². The van der Waals surface area contributed by atoms with E-state index in [1.165, 1.54) is 32.1 Å². The summed E-state index contributed by atoms with van der Waals surface area (Å²) in [6.07, 6.45) is 6.43. The molecular weight excluding hydrogens is 261 g/mol. The Morgan fingerprint density at radius 2 is 2.05 bits per heavy atom. The molecule has 2 aliphatic rings. The highest BCUT2D eigenvalue weighted by atomic mass is 19.1. The largest absolute Gasteiger partial charge is 0.316 e. The van der Waals surface area contributed by atoms with E-state index in [2.05, 4.69) is 19.2 Å². The summed E-state index contributed by atoms with van der Waals surface area (Å²) in [4.78, 5) is 0. The van der Waals surface area contributed by atoms with E-state index in [9.17, 15) is 4.39 Å². The normalized spacial score (nSPS) is 33.5. The van der Waals surface area contributed by atoms with Crippen molar-refractivity contribution >= 4 is 0 Å². The number of halogens is 1. The van der Waals surface area contributed by atoms with Crippen molar-refractivity contribution in [2.75, 3.05) is 13.1 Å². The number of hydrogen-bond acceptors (Lipinski definition) is 1. The van der Waals surface area contributed by atoms with Crippen LogP contribution < -0.4 is 5.32 Å². The minimum atomic E-state index is -0.0164. The first kappa shape index (κ1) is 15.0. The van der Waals surface area contributed by atoms with Gasteiger partial charge in [0.25, 0.3) is 0 Å². The van der Waals surface area contributed by atoms with Crippen LogP contribution in [0.4, 0.5) is 4.39 Å². The van der Waals surface area contributed by atoms with Crippen molar-refractivity contribution in [1.29, 1.82) is 0 Å². The molecule has 0 bridgehead atoms. The van der Waals surface area contributed by atoms with E-state index in [4.69, 9.17) is 0 Å². The molecule has 2 fully saturated rings. The van der Waals surface area contributed by atoms with Crippen molar-refractivity contribution in [1.82, 2.24) is 5.32 Å². The number of hydrogen-bond donors (Lipinski definition) is 1. The quantitative estimate of drug-likeness (QED) is 0.829. The molecule has 1 saturated carbocycles. The number of nitrogens with one attached hydrogen (secondary N) is 1. The second-order valence-electron chi connectivity index (χ2n) is 7.49. The lowest BCUT2D eigenvalue weighted by Gasteiger charge is -2.50. The van der Waals surface area contributed by atoms with Crippen molar-refractivity contribution in [3.05, 3.63) is 35.6 Å². The molecule has 3 unspecified atom stereocenters. The van der Waals surface area contributed by atoms with Gasteiger partial charge < -0.3 is 5.32 Å². The molecule has 1 N–H and O–H groups in total. The third-order valence-corrected chi connectivity index (χ3v) is 6.03. The summed E-state index contributed by atoms with van der Waals surface area (Å²) < 4.78 is 14.3. The van der Waals surface area contributed by atoms with Crippen molar-refractivity contribution in [3.8, 4) is 0 Å². The smallest absolute Gasteiger partial charge is 0.126 e. The molecule has 21 heavy (non-hydrogen) atoms. The van der Waals surface area contributed by atoms with Crippen LogP contribution >= 0.6 is 0 Å². The SMILES string of the molecule is CC(C)C1CCCC2(CCNCC2c2ccccc2F)C1. The molecule has 0 aromatic heterocycles. The van der Waals surface area contributed by atoms with Crippen LogP contribution in [0, 0.1) is 23.1 Å². The molecular formula is C19H28FN. The Morgan fingerprint density at radius 3 is 2.81 bits per heavy atom. The van der Waals surface area contributed by atoms with Crippen LogP contribution in [-0.4, -0.2) is 13.1 Å². The Morgan fingerprint density at radius 1 is 1.24 bits per heavy atom. The van der Waals surface area contributed by atoms with Gasteiger partial charge in [0.05, 0.1) is 0 Å². The molecule has 2 heteroatoms. The Balaban J connectivity index is 1.92. The monoisotopic (exact) mass is 289 g/mol. The highest BCUT2D eigenvalue weighted by molar-refractivity contribution is 5.26. The van der Waals surface area contributed by atoms with Gasteiger partial charge in [-0.05, 0) is 54.7 Å². The first-order valence-electron chi connectivity index (χ1n) is 8.57. The second-order valence-corrected chi connectivity index (χ2v) is 7.49. The number of piperidine rings is 1. The zero-order chi connectivity index (χ0) is 14.9. The van der Waals surface area contributed by atoms with Crippen molar-refractivity contribution < 1.29 is 4.39 Å². The minimum Gasteiger partial charge on any atom is -0.316 e. The average Bonchev–Trinajstić information content (AvgIpc) is 2.49. The molecule has 1 aliphatic carbocycles. The highest BCUT2D eigenvalue weighted by Gasteiger charge is 2.45. The average molecular weight is 289 g/mol. The van der Waals surface area contributed by atoms with Gasteiger partial charge in [0, 0.05) is 12.5 Å². The Bertz CT molecular complexity index is 480. The predicted octanol–water partition coefficient (Wildman–Crippen LogP) is 4.74. The van der Waals surface area contributed by atoms with E-state index >= 15 is 0 Å². The molecule has 1 saturated heterocycles. The Hall–Kier alpha value is -0.890. The van der Waals surface area contributed by atoms with Gasteiger partial charge in [-0.15, -0.1) is 0 Å². The van der Waals surface area contributed by atoms with Gasteiger partial charge in [-0.1, -0.05) is 44.9 Å². The summed E-state index contributed by atoms with van der Waals surface area (Å²) in [5.74, 6) is 1.88. The standard InChI is InChI=1S/C19H28FN/c1-14(2)15-6-5-9-19(12-15)10-11-21-13-17(19)16-7-3-4-8-18(16)20/h3-4,7-8,14-15,17,21H,5-6,9-13H2,1-2H3. The first-order valence-corrected chi connectivity index (χ1v) is 8.57. The van der Waals surface area contributed by atoms with E-state index in [-0.39, 0.29) is 5.82 Å². The molecule has 1 nitrogen and oxygen atoms in total. The fourth-order valence-electron chi connectivity index (χ4n) is 4.73. The van der Waals surface area contributed by atoms with Gasteiger partial charge in [0.2, 0.25) is 0 Å². The minimum absolute atomic E-state index is 0.0164. The summed E-state index contributed by atoms with van der Waals surface area (Å²) in [5, 5.41) is 3.51. The van der Waals surface area contributed by atoms with Crippen LogP contribution in [0.25, 0.3) is 0 Å². The van der Waals surface area contributed by atoms with Crippen LogP contribution in [-0.2, 0) is 0 Å². The van der Waals surface area contributed by atoms with E-state index in [0.29, 0.717) is 11.3 Å². The molecule has 1 aromatic carbocycles. The van der Waals surface area contributed by atoms with Gasteiger partial charge >= 0.3 is 0 Å². The van der Waals surface area contributed by atoms with Gasteiger partial charge in [0.15, 0.2) is 0 Å². The van der Waals surface area contributed by atoms with E-state index in [0.717, 1.165) is 30.5 Å². The van der Waals surface area contributed by atoms with E-state index in [1.54, 1.807) is 12.1 Å². The predicted molar refractivity (Wildman–Crippen MR) is 85.9 cm³/mol. The van der Waals surface area contributed by atoms with E-state index in [1.807, 2.05) is 12.1 Å². The number of rotatable bonds is 2. The molecule has 3 rings (SSSR count). The summed E-state index contributed by atoms with van der Waals surface area (Å²) in [5.41, 5.74) is 1.26. The number of benzene rings is 1. The molecule has 116 valence electrons. The zero-order valence-corrected chi connectivity index (χ0v) is 13.4. The van der Waals surface area contributed by atoms with Crippen LogP contribution in [0.15, 0.2) is 24.3 Å². The van der Waals surface area contributed by atoms with Gasteiger partial charge in [-0.2, -0.15) is 0 Å². The second kappa shape index (κ2) is 6.08. The van der Waals surface area contributed by atoms with Crippen molar-refractivity contribution in [2.45, 2.75) is 51.9 Å². The van der Waals surface area contributed by atoms with Crippen LogP contribution in [0.2, 0.25) is 0 Å². The molecule has 3 atom stereocenters. The fourth-order valence-corrected chi connectivity index (χ4v) is 4.73. The maximum atomic E-state index is 14.3. The van der Waals surface area contributed by atoms with Crippen molar-refractivity contribution in [2.24, 2.45) is 17.3 Å². The Labute approximate surface area is 128 Å². The van der Waals surface area contributed by atoms with Crippen molar-refractivity contribution in [3.63, 3.8) is 0 Å². The third kappa shape index (κ3) is 2.88. The van der Waals surface area contributed by atoms with E-state index < -0.39 is 0 Å². The topological polar surface area (TPSA) is 12.0 Å². The summed E-state index contributed by atoms with van der Waals surface area (Å²) in [6.45, 7) is 6.73. The summed E-state index contributed by atoms with van der Waals surface area (Å²) in [7, 11) is 0. The van der Waals surface area contributed by atoms with Crippen LogP contribution in [0.1, 0.15) is 57.4 Å². The molecule has 1 spiro atoms. The lowest BCUT2D eigenvalue weighted by Crippen LogP contribution is -2.47. The Kier molecular flexibility index (Phi) is 4.35. The maximum absolute atomic E-state index is 14.3. The fraction of sp³-hybridized carbons (Fsp3) is 0.684. The molecule has 1 aliphatic heterocycles. The molecule has 1 heterocycles. The first-order chi connectivity index (χ1) is 10.1. The summed E-state index contributed by atoms with van der Waals surface area (Å²) >= 11 is 0. The molecule has 1 aromatic rings. The van der Waals surface area contributed by atoms with Gasteiger partial charge in [-0.3, -0.25) is 0 Å². The van der Waals surface area contributed by atoms with Gasteiger partial charge in [0.1, 0.15) is 5.82 Å². The molecule has 0 radical (unpaired) electrons.